The van der Waals surface area contributed by atoms with Crippen molar-refractivity contribution in [1.29, 1.82) is 0 Å². The molecular formula is C14H16ClN3O. The van der Waals surface area contributed by atoms with Crippen LogP contribution in [0.4, 0.5) is 5.69 Å². The van der Waals surface area contributed by atoms with Gasteiger partial charge in [-0.2, -0.15) is 0 Å². The first kappa shape index (κ1) is 13.5. The van der Waals surface area contributed by atoms with Crippen molar-refractivity contribution in [2.24, 2.45) is 7.05 Å². The number of nitrogens with zero attached hydrogens (tertiary/aromatic N) is 1. The fourth-order valence-electron chi connectivity index (χ4n) is 1.81. The normalized spacial score (nSPS) is 10.3. The molecule has 2 N–H and O–H groups in total. The lowest BCUT2D eigenvalue weighted by atomic mass is 10.2. The lowest BCUT2D eigenvalue weighted by Gasteiger charge is -2.09. The van der Waals surface area contributed by atoms with E-state index in [9.17, 15) is 4.79 Å². The first-order chi connectivity index (χ1) is 9.10. The van der Waals surface area contributed by atoms with Crippen molar-refractivity contribution in [2.45, 2.75) is 6.54 Å². The van der Waals surface area contributed by atoms with Crippen molar-refractivity contribution in [3.05, 3.63) is 52.8 Å². The summed E-state index contributed by atoms with van der Waals surface area (Å²) in [6.07, 6.45) is 4.02. The van der Waals surface area contributed by atoms with E-state index < -0.39 is 0 Å². The van der Waals surface area contributed by atoms with E-state index in [-0.39, 0.29) is 5.91 Å². The molecule has 0 atom stereocenters. The molecule has 0 bridgehead atoms. The highest BCUT2D eigenvalue weighted by Gasteiger charge is 2.07. The lowest BCUT2D eigenvalue weighted by Crippen LogP contribution is -2.17. The van der Waals surface area contributed by atoms with Crippen LogP contribution >= 0.6 is 11.6 Å². The van der Waals surface area contributed by atoms with Gasteiger partial charge in [0.1, 0.15) is 0 Å². The van der Waals surface area contributed by atoms with Crippen LogP contribution in [0.2, 0.25) is 5.02 Å². The Morgan fingerprint density at radius 2 is 2.16 bits per heavy atom. The SMILES string of the molecule is CNC(=O)c1ccc(Cl)c(NCc2ccn(C)c2)c1. The van der Waals surface area contributed by atoms with E-state index in [1.807, 2.05) is 30.1 Å². The second-order valence-corrected chi connectivity index (χ2v) is 4.72. The Balaban J connectivity index is 2.12. The number of aromatic nitrogens is 1. The molecule has 1 amide bonds. The van der Waals surface area contributed by atoms with E-state index in [1.54, 1.807) is 25.2 Å². The number of carbonyl (C=O) groups excluding carboxylic acids is 1. The number of anilines is 1. The van der Waals surface area contributed by atoms with Crippen molar-refractivity contribution in [3.8, 4) is 0 Å². The van der Waals surface area contributed by atoms with E-state index in [0.29, 0.717) is 17.1 Å². The van der Waals surface area contributed by atoms with Crippen molar-refractivity contribution >= 4 is 23.2 Å². The molecular weight excluding hydrogens is 262 g/mol. The molecule has 2 aromatic rings. The van der Waals surface area contributed by atoms with Crippen LogP contribution in [0.5, 0.6) is 0 Å². The predicted molar refractivity (Wildman–Crippen MR) is 77.6 cm³/mol. The number of hydrogen-bond acceptors (Lipinski definition) is 2. The highest BCUT2D eigenvalue weighted by Crippen LogP contribution is 2.23. The number of nitrogens with one attached hydrogen (secondary N) is 2. The van der Waals surface area contributed by atoms with Crippen LogP contribution in [-0.4, -0.2) is 17.5 Å². The summed E-state index contributed by atoms with van der Waals surface area (Å²) in [5.41, 5.74) is 2.50. The molecule has 1 aromatic heterocycles. The third-order valence-electron chi connectivity index (χ3n) is 2.83. The number of benzene rings is 1. The molecule has 100 valence electrons. The number of carbonyl (C=O) groups is 1. The van der Waals surface area contributed by atoms with Gasteiger partial charge in [-0.3, -0.25) is 4.79 Å². The third-order valence-corrected chi connectivity index (χ3v) is 3.16. The van der Waals surface area contributed by atoms with Crippen LogP contribution in [0.25, 0.3) is 0 Å². The molecule has 2 rings (SSSR count). The van der Waals surface area contributed by atoms with Crippen molar-refractivity contribution in [2.75, 3.05) is 12.4 Å². The largest absolute Gasteiger partial charge is 0.380 e. The summed E-state index contributed by atoms with van der Waals surface area (Å²) in [7, 11) is 3.58. The van der Waals surface area contributed by atoms with Crippen molar-refractivity contribution < 1.29 is 4.79 Å². The maximum atomic E-state index is 11.6. The van der Waals surface area contributed by atoms with Gasteiger partial charge in [0.2, 0.25) is 0 Å². The van der Waals surface area contributed by atoms with Gasteiger partial charge in [0.05, 0.1) is 10.7 Å². The zero-order valence-corrected chi connectivity index (χ0v) is 11.7. The number of aryl methyl sites for hydroxylation is 1. The molecule has 0 saturated carbocycles. The zero-order chi connectivity index (χ0) is 13.8. The molecule has 0 aliphatic carbocycles. The Morgan fingerprint density at radius 3 is 2.79 bits per heavy atom. The summed E-state index contributed by atoms with van der Waals surface area (Å²) in [6, 6.07) is 7.21. The summed E-state index contributed by atoms with van der Waals surface area (Å²) in [6.45, 7) is 0.664. The molecule has 0 aliphatic rings. The van der Waals surface area contributed by atoms with Crippen molar-refractivity contribution in [1.82, 2.24) is 9.88 Å². The van der Waals surface area contributed by atoms with Gasteiger partial charge in [0.15, 0.2) is 0 Å². The monoisotopic (exact) mass is 277 g/mol. The highest BCUT2D eigenvalue weighted by molar-refractivity contribution is 6.33. The van der Waals surface area contributed by atoms with E-state index >= 15 is 0 Å². The second-order valence-electron chi connectivity index (χ2n) is 4.31. The lowest BCUT2D eigenvalue weighted by molar-refractivity contribution is 0.0963. The summed E-state index contributed by atoms with van der Waals surface area (Å²) in [5.74, 6) is -0.126. The smallest absolute Gasteiger partial charge is 0.251 e. The van der Waals surface area contributed by atoms with Crippen LogP contribution in [0, 0.1) is 0 Å². The summed E-state index contributed by atoms with van der Waals surface area (Å²) in [5, 5.41) is 6.43. The fourth-order valence-corrected chi connectivity index (χ4v) is 1.99. The molecule has 0 radical (unpaired) electrons. The first-order valence-electron chi connectivity index (χ1n) is 5.96. The number of halogens is 1. The van der Waals surface area contributed by atoms with Crippen LogP contribution in [-0.2, 0) is 13.6 Å². The maximum absolute atomic E-state index is 11.6. The molecule has 1 heterocycles. The van der Waals surface area contributed by atoms with E-state index in [0.717, 1.165) is 11.3 Å². The Morgan fingerprint density at radius 1 is 1.37 bits per heavy atom. The molecule has 0 saturated heterocycles. The zero-order valence-electron chi connectivity index (χ0n) is 10.9. The Labute approximate surface area is 117 Å². The average Bonchev–Trinajstić information content (AvgIpc) is 2.82. The standard InChI is InChI=1S/C14H16ClN3O/c1-16-14(19)11-3-4-12(15)13(7-11)17-8-10-5-6-18(2)9-10/h3-7,9,17H,8H2,1-2H3,(H,16,19). The van der Waals surface area contributed by atoms with Crippen LogP contribution < -0.4 is 10.6 Å². The first-order valence-corrected chi connectivity index (χ1v) is 6.34. The van der Waals surface area contributed by atoms with Gasteiger partial charge in [-0.05, 0) is 29.8 Å². The van der Waals surface area contributed by atoms with Gasteiger partial charge in [0, 0.05) is 38.6 Å². The van der Waals surface area contributed by atoms with E-state index in [4.69, 9.17) is 11.6 Å². The summed E-state index contributed by atoms with van der Waals surface area (Å²) >= 11 is 6.12. The Hall–Kier alpha value is -1.94. The fraction of sp³-hybridized carbons (Fsp3) is 0.214. The third kappa shape index (κ3) is 3.29. The van der Waals surface area contributed by atoms with Crippen molar-refractivity contribution in [3.63, 3.8) is 0 Å². The summed E-state index contributed by atoms with van der Waals surface area (Å²) < 4.78 is 1.99. The molecule has 0 spiro atoms. The van der Waals surface area contributed by atoms with Gasteiger partial charge >= 0.3 is 0 Å². The topological polar surface area (TPSA) is 46.1 Å². The van der Waals surface area contributed by atoms with Crippen LogP contribution in [0.15, 0.2) is 36.7 Å². The quantitative estimate of drug-likeness (QED) is 0.902. The minimum atomic E-state index is -0.126. The number of amides is 1. The predicted octanol–water partition coefficient (Wildman–Crippen LogP) is 2.65. The van der Waals surface area contributed by atoms with Gasteiger partial charge in [-0.25, -0.2) is 0 Å². The van der Waals surface area contributed by atoms with Crippen LogP contribution in [0.3, 0.4) is 0 Å². The molecule has 0 fully saturated rings. The van der Waals surface area contributed by atoms with Gasteiger partial charge in [-0.15, -0.1) is 0 Å². The maximum Gasteiger partial charge on any atom is 0.251 e. The summed E-state index contributed by atoms with van der Waals surface area (Å²) in [4.78, 5) is 11.6. The van der Waals surface area contributed by atoms with Gasteiger partial charge in [-0.1, -0.05) is 11.6 Å². The van der Waals surface area contributed by atoms with Gasteiger partial charge < -0.3 is 15.2 Å². The number of hydrogen-bond donors (Lipinski definition) is 2. The molecule has 5 heteroatoms. The molecule has 0 unspecified atom stereocenters. The molecule has 19 heavy (non-hydrogen) atoms. The average molecular weight is 278 g/mol. The van der Waals surface area contributed by atoms with E-state index in [2.05, 4.69) is 10.6 Å². The Kier molecular flexibility index (Phi) is 4.12. The van der Waals surface area contributed by atoms with E-state index in [1.165, 1.54) is 0 Å². The molecule has 1 aromatic carbocycles. The van der Waals surface area contributed by atoms with Gasteiger partial charge in [0.25, 0.3) is 5.91 Å². The second kappa shape index (κ2) is 5.80. The number of rotatable bonds is 4. The minimum absolute atomic E-state index is 0.126. The molecule has 4 nitrogen and oxygen atoms in total. The Bertz CT molecular complexity index is 592. The highest BCUT2D eigenvalue weighted by atomic mass is 35.5. The van der Waals surface area contributed by atoms with Crippen LogP contribution in [0.1, 0.15) is 15.9 Å². The molecule has 0 aliphatic heterocycles. The minimum Gasteiger partial charge on any atom is -0.380 e.